The van der Waals surface area contributed by atoms with Crippen LogP contribution in [0.1, 0.15) is 29.8 Å². The minimum Gasteiger partial charge on any atom is -0.508 e. The number of benzene rings is 1. The molecule has 14 heavy (non-hydrogen) atoms. The van der Waals surface area contributed by atoms with Crippen LogP contribution in [-0.4, -0.2) is 17.0 Å². The van der Waals surface area contributed by atoms with Gasteiger partial charge in [-0.1, -0.05) is 0 Å². The Morgan fingerprint density at radius 1 is 1.50 bits per heavy atom. The lowest BCUT2D eigenvalue weighted by Crippen LogP contribution is -2.24. The Morgan fingerprint density at radius 2 is 2.21 bits per heavy atom. The van der Waals surface area contributed by atoms with E-state index in [1.54, 1.807) is 6.07 Å². The first kappa shape index (κ1) is 9.06. The van der Waals surface area contributed by atoms with E-state index < -0.39 is 0 Å². The Kier molecular flexibility index (Phi) is 1.77. The summed E-state index contributed by atoms with van der Waals surface area (Å²) in [5.74, 6) is 0.737. The largest absolute Gasteiger partial charge is 0.508 e. The van der Waals surface area contributed by atoms with E-state index in [4.69, 9.17) is 4.74 Å². The molecule has 0 saturated heterocycles. The van der Waals surface area contributed by atoms with E-state index in [1.165, 1.54) is 6.07 Å². The summed E-state index contributed by atoms with van der Waals surface area (Å²) in [7, 11) is 0. The predicted octanol–water partition coefficient (Wildman–Crippen LogP) is 1.92. The fraction of sp³-hybridized carbons (Fsp3) is 0.364. The lowest BCUT2D eigenvalue weighted by Gasteiger charge is -2.17. The average Bonchev–Trinajstić information content (AvgIpc) is 2.42. The third-order valence-electron chi connectivity index (χ3n) is 2.37. The zero-order chi connectivity index (χ0) is 10.3. The molecule has 0 unspecified atom stereocenters. The molecule has 1 aromatic rings. The molecule has 1 aliphatic rings. The Labute approximate surface area is 82.3 Å². The van der Waals surface area contributed by atoms with Gasteiger partial charge in [0.1, 0.15) is 17.1 Å². The van der Waals surface area contributed by atoms with E-state index in [0.717, 1.165) is 11.8 Å². The van der Waals surface area contributed by atoms with Crippen LogP contribution in [0, 0.1) is 0 Å². The third-order valence-corrected chi connectivity index (χ3v) is 2.37. The average molecular weight is 192 g/mol. The molecule has 0 atom stereocenters. The quantitative estimate of drug-likeness (QED) is 0.691. The number of phenols is 1. The van der Waals surface area contributed by atoms with Crippen LogP contribution in [-0.2, 0) is 6.42 Å². The Hall–Kier alpha value is -1.51. The molecule has 3 heteroatoms. The van der Waals surface area contributed by atoms with Crippen LogP contribution in [0.2, 0.25) is 0 Å². The predicted molar refractivity (Wildman–Crippen MR) is 51.9 cm³/mol. The number of carbonyl (C=O) groups is 1. The van der Waals surface area contributed by atoms with Crippen molar-refractivity contribution < 1.29 is 14.6 Å². The molecule has 74 valence electrons. The third kappa shape index (κ3) is 1.25. The first-order chi connectivity index (χ1) is 6.53. The van der Waals surface area contributed by atoms with E-state index in [9.17, 15) is 9.90 Å². The van der Waals surface area contributed by atoms with Gasteiger partial charge in [0.05, 0.1) is 5.56 Å². The molecule has 2 rings (SSSR count). The molecule has 0 radical (unpaired) electrons. The number of phenolic OH excluding ortho intramolecular Hbond substituents is 1. The van der Waals surface area contributed by atoms with Gasteiger partial charge in [-0.2, -0.15) is 0 Å². The van der Waals surface area contributed by atoms with Crippen molar-refractivity contribution in [2.24, 2.45) is 0 Å². The van der Waals surface area contributed by atoms with Crippen molar-refractivity contribution in [3.63, 3.8) is 0 Å². The minimum absolute atomic E-state index is 0.205. The highest BCUT2D eigenvalue weighted by Crippen LogP contribution is 2.41. The molecular weight excluding hydrogens is 180 g/mol. The van der Waals surface area contributed by atoms with E-state index in [-0.39, 0.29) is 11.4 Å². The standard InChI is InChI=1S/C11H12O3/c1-11(2)5-8-9(13)4-3-7(6-12)10(8)14-11/h3-4,6,13H,5H2,1-2H3. The second kappa shape index (κ2) is 2.74. The molecule has 1 aliphatic heterocycles. The maximum absolute atomic E-state index is 10.7. The van der Waals surface area contributed by atoms with Crippen molar-refractivity contribution >= 4 is 6.29 Å². The highest BCUT2D eigenvalue weighted by atomic mass is 16.5. The number of carbonyl (C=O) groups excluding carboxylic acids is 1. The summed E-state index contributed by atoms with van der Waals surface area (Å²) in [4.78, 5) is 10.7. The van der Waals surface area contributed by atoms with Gasteiger partial charge in [0, 0.05) is 12.0 Å². The molecule has 0 amide bonds. The summed E-state index contributed by atoms with van der Waals surface area (Å²) in [6.45, 7) is 3.86. The number of aromatic hydroxyl groups is 1. The summed E-state index contributed by atoms with van der Waals surface area (Å²) < 4.78 is 5.61. The SMILES string of the molecule is CC1(C)Cc2c(O)ccc(C=O)c2O1. The summed E-state index contributed by atoms with van der Waals surface area (Å²) in [6, 6.07) is 3.11. The fourth-order valence-corrected chi connectivity index (χ4v) is 1.76. The van der Waals surface area contributed by atoms with Gasteiger partial charge in [0.2, 0.25) is 0 Å². The molecule has 0 fully saturated rings. The zero-order valence-corrected chi connectivity index (χ0v) is 8.20. The van der Waals surface area contributed by atoms with Crippen molar-refractivity contribution in [1.29, 1.82) is 0 Å². The maximum Gasteiger partial charge on any atom is 0.153 e. The lowest BCUT2D eigenvalue weighted by molar-refractivity contribution is 0.110. The van der Waals surface area contributed by atoms with Gasteiger partial charge < -0.3 is 9.84 Å². The van der Waals surface area contributed by atoms with Gasteiger partial charge in [-0.05, 0) is 26.0 Å². The van der Waals surface area contributed by atoms with Gasteiger partial charge in [0.15, 0.2) is 6.29 Å². The van der Waals surface area contributed by atoms with Crippen LogP contribution in [0.3, 0.4) is 0 Å². The Bertz CT molecular complexity index is 394. The number of rotatable bonds is 1. The zero-order valence-electron chi connectivity index (χ0n) is 8.20. The van der Waals surface area contributed by atoms with Crippen LogP contribution in [0.25, 0.3) is 0 Å². The fourth-order valence-electron chi connectivity index (χ4n) is 1.76. The second-order valence-corrected chi connectivity index (χ2v) is 4.14. The second-order valence-electron chi connectivity index (χ2n) is 4.14. The smallest absolute Gasteiger partial charge is 0.153 e. The Morgan fingerprint density at radius 3 is 2.86 bits per heavy atom. The van der Waals surface area contributed by atoms with Crippen LogP contribution in [0.4, 0.5) is 0 Å². The monoisotopic (exact) mass is 192 g/mol. The molecule has 0 bridgehead atoms. The van der Waals surface area contributed by atoms with Crippen molar-refractivity contribution in [2.45, 2.75) is 25.9 Å². The highest BCUT2D eigenvalue weighted by Gasteiger charge is 2.33. The van der Waals surface area contributed by atoms with E-state index in [0.29, 0.717) is 17.7 Å². The van der Waals surface area contributed by atoms with Crippen LogP contribution >= 0.6 is 0 Å². The molecule has 0 aliphatic carbocycles. The molecule has 1 heterocycles. The molecular formula is C11H12O3. The topological polar surface area (TPSA) is 46.5 Å². The Balaban J connectivity index is 2.58. The summed E-state index contributed by atoms with van der Waals surface area (Å²) in [5.41, 5.74) is 0.904. The summed E-state index contributed by atoms with van der Waals surface area (Å²) >= 11 is 0. The first-order valence-electron chi connectivity index (χ1n) is 4.52. The van der Waals surface area contributed by atoms with E-state index >= 15 is 0 Å². The van der Waals surface area contributed by atoms with Crippen molar-refractivity contribution in [2.75, 3.05) is 0 Å². The molecule has 0 aromatic heterocycles. The normalized spacial score (nSPS) is 17.3. The molecule has 0 spiro atoms. The van der Waals surface area contributed by atoms with Gasteiger partial charge in [-0.3, -0.25) is 4.79 Å². The van der Waals surface area contributed by atoms with Crippen LogP contribution in [0.5, 0.6) is 11.5 Å². The van der Waals surface area contributed by atoms with Crippen molar-refractivity contribution in [1.82, 2.24) is 0 Å². The minimum atomic E-state index is -0.334. The van der Waals surface area contributed by atoms with Gasteiger partial charge in [-0.25, -0.2) is 0 Å². The van der Waals surface area contributed by atoms with Crippen LogP contribution in [0.15, 0.2) is 12.1 Å². The van der Waals surface area contributed by atoms with Gasteiger partial charge in [0.25, 0.3) is 0 Å². The van der Waals surface area contributed by atoms with Gasteiger partial charge >= 0.3 is 0 Å². The molecule has 1 aromatic carbocycles. The van der Waals surface area contributed by atoms with Crippen molar-refractivity contribution in [3.05, 3.63) is 23.3 Å². The highest BCUT2D eigenvalue weighted by molar-refractivity contribution is 5.81. The number of fused-ring (bicyclic) bond motifs is 1. The van der Waals surface area contributed by atoms with Crippen molar-refractivity contribution in [3.8, 4) is 11.5 Å². The molecule has 1 N–H and O–H groups in total. The van der Waals surface area contributed by atoms with E-state index in [1.807, 2.05) is 13.8 Å². The molecule has 3 nitrogen and oxygen atoms in total. The lowest BCUT2D eigenvalue weighted by atomic mass is 10.00. The number of aldehydes is 1. The number of hydrogen-bond acceptors (Lipinski definition) is 3. The molecule has 0 saturated carbocycles. The summed E-state index contributed by atoms with van der Waals surface area (Å²) in [6.07, 6.45) is 1.38. The van der Waals surface area contributed by atoms with E-state index in [2.05, 4.69) is 0 Å². The van der Waals surface area contributed by atoms with Gasteiger partial charge in [-0.15, -0.1) is 0 Å². The van der Waals surface area contributed by atoms with Crippen LogP contribution < -0.4 is 4.74 Å². The number of hydrogen-bond donors (Lipinski definition) is 1. The maximum atomic E-state index is 10.7. The first-order valence-corrected chi connectivity index (χ1v) is 4.52. The number of ether oxygens (including phenoxy) is 1. The summed E-state index contributed by atoms with van der Waals surface area (Å²) in [5, 5.41) is 9.59.